The Balaban J connectivity index is 1.37. The average Bonchev–Trinajstić information content (AvgIpc) is 3.80. The van der Waals surface area contributed by atoms with E-state index < -0.39 is 29.6 Å². The van der Waals surface area contributed by atoms with E-state index in [0.29, 0.717) is 37.0 Å². The van der Waals surface area contributed by atoms with Crippen LogP contribution in [0.3, 0.4) is 0 Å². The summed E-state index contributed by atoms with van der Waals surface area (Å²) in [5.41, 5.74) is 0.998. The third kappa shape index (κ3) is 5.91. The Morgan fingerprint density at radius 2 is 1.74 bits per heavy atom. The van der Waals surface area contributed by atoms with Gasteiger partial charge in [0.05, 0.1) is 23.5 Å². The van der Waals surface area contributed by atoms with Crippen molar-refractivity contribution in [2.45, 2.75) is 61.3 Å². The predicted molar refractivity (Wildman–Crippen MR) is 181 cm³/mol. The zero-order valence-corrected chi connectivity index (χ0v) is 28.0. The molecule has 47 heavy (non-hydrogen) atoms. The maximum Gasteiger partial charge on any atom is 0.250 e. The number of para-hydroxylation sites is 2. The van der Waals surface area contributed by atoms with Gasteiger partial charge in [-0.25, -0.2) is 4.68 Å². The SMILES string of the molecule is C=CCN(Cn1nnc2ccccc21)C(=O)C1N(CCCCCCO)C(=O)[C@@H]2[C@H](C(=O)N(CC=C)c3ccccc3)[C@H]3OC12CC3Br. The molecule has 11 nitrogen and oxygen atoms in total. The lowest BCUT2D eigenvalue weighted by molar-refractivity contribution is -0.149. The summed E-state index contributed by atoms with van der Waals surface area (Å²) in [7, 11) is 0. The third-order valence-corrected chi connectivity index (χ3v) is 10.5. The molecule has 2 aromatic carbocycles. The molecule has 3 unspecified atom stereocenters. The van der Waals surface area contributed by atoms with E-state index in [2.05, 4.69) is 39.4 Å². The third-order valence-electron chi connectivity index (χ3n) is 9.65. The van der Waals surface area contributed by atoms with Crippen molar-refractivity contribution in [3.63, 3.8) is 0 Å². The normalized spacial score (nSPS) is 26.0. The fraction of sp³-hybridized carbons (Fsp3) is 0.457. The molecule has 0 radical (unpaired) electrons. The molecule has 4 heterocycles. The van der Waals surface area contributed by atoms with Crippen LogP contribution < -0.4 is 4.90 Å². The molecular weight excluding hydrogens is 664 g/mol. The molecule has 3 fully saturated rings. The van der Waals surface area contributed by atoms with Crippen LogP contribution in [0, 0.1) is 11.8 Å². The summed E-state index contributed by atoms with van der Waals surface area (Å²) < 4.78 is 8.45. The van der Waals surface area contributed by atoms with Crippen LogP contribution in [-0.4, -0.2) is 96.4 Å². The minimum absolute atomic E-state index is 0.103. The monoisotopic (exact) mass is 704 g/mol. The number of aliphatic hydroxyl groups excluding tert-OH is 1. The highest BCUT2D eigenvalue weighted by atomic mass is 79.9. The van der Waals surface area contributed by atoms with Gasteiger partial charge in [0, 0.05) is 36.8 Å². The van der Waals surface area contributed by atoms with Gasteiger partial charge < -0.3 is 24.5 Å². The van der Waals surface area contributed by atoms with E-state index in [1.807, 2.05) is 54.6 Å². The van der Waals surface area contributed by atoms with E-state index in [1.54, 1.807) is 31.5 Å². The molecule has 6 rings (SSSR count). The number of likely N-dealkylation sites (tertiary alicyclic amines) is 1. The van der Waals surface area contributed by atoms with Crippen LogP contribution in [0.15, 0.2) is 79.9 Å². The molecule has 6 atom stereocenters. The lowest BCUT2D eigenvalue weighted by atomic mass is 9.70. The lowest BCUT2D eigenvalue weighted by Gasteiger charge is -2.37. The number of hydrogen-bond donors (Lipinski definition) is 1. The van der Waals surface area contributed by atoms with Gasteiger partial charge in [-0.2, -0.15) is 0 Å². The molecule has 1 N–H and O–H groups in total. The minimum Gasteiger partial charge on any atom is -0.396 e. The van der Waals surface area contributed by atoms with Gasteiger partial charge in [-0.3, -0.25) is 14.4 Å². The molecule has 2 bridgehead atoms. The largest absolute Gasteiger partial charge is 0.396 e. The van der Waals surface area contributed by atoms with Crippen molar-refractivity contribution in [1.82, 2.24) is 24.8 Å². The number of amides is 3. The minimum atomic E-state index is -1.20. The van der Waals surface area contributed by atoms with Gasteiger partial charge in [-0.1, -0.05) is 76.5 Å². The molecule has 3 saturated heterocycles. The first kappa shape index (κ1) is 33.0. The second-order valence-electron chi connectivity index (χ2n) is 12.5. The highest BCUT2D eigenvalue weighted by Crippen LogP contribution is 2.60. The molecule has 1 spiro atoms. The second kappa shape index (κ2) is 14.1. The Labute approximate surface area is 283 Å². The molecule has 0 aliphatic carbocycles. The van der Waals surface area contributed by atoms with Crippen molar-refractivity contribution in [2.75, 3.05) is 31.1 Å². The fourth-order valence-corrected chi connectivity index (χ4v) is 8.59. The number of alkyl halides is 1. The summed E-state index contributed by atoms with van der Waals surface area (Å²) in [6.07, 6.45) is 6.08. The van der Waals surface area contributed by atoms with Crippen LogP contribution in [0.5, 0.6) is 0 Å². The molecular formula is C35H41BrN6O5. The number of carbonyl (C=O) groups is 3. The Morgan fingerprint density at radius 3 is 2.49 bits per heavy atom. The molecule has 3 aliphatic heterocycles. The van der Waals surface area contributed by atoms with Crippen LogP contribution in [0.4, 0.5) is 5.69 Å². The Hall–Kier alpha value is -3.87. The highest BCUT2D eigenvalue weighted by molar-refractivity contribution is 9.09. The van der Waals surface area contributed by atoms with Crippen LogP contribution in [0.1, 0.15) is 32.1 Å². The van der Waals surface area contributed by atoms with Crippen LogP contribution in [0.25, 0.3) is 11.0 Å². The number of anilines is 1. The van der Waals surface area contributed by atoms with E-state index in [9.17, 15) is 19.5 Å². The summed E-state index contributed by atoms with van der Waals surface area (Å²) in [5.74, 6) is -2.35. The molecule has 3 aliphatic rings. The van der Waals surface area contributed by atoms with Crippen LogP contribution in [0.2, 0.25) is 0 Å². The van der Waals surface area contributed by atoms with Gasteiger partial charge >= 0.3 is 0 Å². The quantitative estimate of drug-likeness (QED) is 0.145. The summed E-state index contributed by atoms with van der Waals surface area (Å²) in [6, 6.07) is 15.9. The van der Waals surface area contributed by atoms with Crippen molar-refractivity contribution in [2.24, 2.45) is 11.8 Å². The second-order valence-corrected chi connectivity index (χ2v) is 13.7. The summed E-state index contributed by atoms with van der Waals surface area (Å²) in [4.78, 5) is 48.6. The van der Waals surface area contributed by atoms with E-state index in [4.69, 9.17) is 4.74 Å². The first-order chi connectivity index (χ1) is 22.9. The molecule has 248 valence electrons. The molecule has 3 aromatic rings. The number of ether oxygens (including phenoxy) is 1. The number of aromatic nitrogens is 3. The average molecular weight is 706 g/mol. The van der Waals surface area contributed by atoms with Gasteiger partial charge in [0.2, 0.25) is 17.7 Å². The maximum absolute atomic E-state index is 14.8. The summed E-state index contributed by atoms with van der Waals surface area (Å²) >= 11 is 3.79. The highest BCUT2D eigenvalue weighted by Gasteiger charge is 2.76. The number of hydrogen-bond acceptors (Lipinski definition) is 7. The predicted octanol–water partition coefficient (Wildman–Crippen LogP) is 3.92. The first-order valence-corrected chi connectivity index (χ1v) is 17.2. The number of halogens is 1. The number of nitrogens with zero attached hydrogens (tertiary/aromatic N) is 6. The fourth-order valence-electron chi connectivity index (χ4n) is 7.65. The molecule has 1 aromatic heterocycles. The topological polar surface area (TPSA) is 121 Å². The maximum atomic E-state index is 14.8. The van der Waals surface area contributed by atoms with Gasteiger partial charge in [0.25, 0.3) is 0 Å². The van der Waals surface area contributed by atoms with Gasteiger partial charge in [0.15, 0.2) is 0 Å². The number of rotatable bonds is 15. The Morgan fingerprint density at radius 1 is 1.02 bits per heavy atom. The van der Waals surface area contributed by atoms with E-state index >= 15 is 0 Å². The molecule has 3 amide bonds. The number of unbranched alkanes of at least 4 members (excludes halogenated alkanes) is 3. The number of fused-ring (bicyclic) bond motifs is 2. The number of benzene rings is 2. The Bertz CT molecular complexity index is 1630. The summed E-state index contributed by atoms with van der Waals surface area (Å²) in [5, 5.41) is 17.8. The number of carbonyl (C=O) groups excluding carboxylic acids is 3. The van der Waals surface area contributed by atoms with Crippen molar-refractivity contribution in [3.8, 4) is 0 Å². The summed E-state index contributed by atoms with van der Waals surface area (Å²) in [6.45, 7) is 8.80. The van der Waals surface area contributed by atoms with E-state index in [1.165, 1.54) is 0 Å². The van der Waals surface area contributed by atoms with E-state index in [-0.39, 0.29) is 48.9 Å². The molecule has 0 saturated carbocycles. The number of aliphatic hydroxyl groups is 1. The van der Waals surface area contributed by atoms with Gasteiger partial charge in [0.1, 0.15) is 23.8 Å². The van der Waals surface area contributed by atoms with Crippen molar-refractivity contribution < 1.29 is 24.2 Å². The molecule has 12 heteroatoms. The van der Waals surface area contributed by atoms with Crippen LogP contribution >= 0.6 is 15.9 Å². The van der Waals surface area contributed by atoms with Gasteiger partial charge in [-0.15, -0.1) is 18.3 Å². The lowest BCUT2D eigenvalue weighted by Crippen LogP contribution is -2.57. The Kier molecular flexibility index (Phi) is 9.90. The first-order valence-electron chi connectivity index (χ1n) is 16.2. The van der Waals surface area contributed by atoms with Gasteiger partial charge in [-0.05, 0) is 43.5 Å². The smallest absolute Gasteiger partial charge is 0.250 e. The zero-order chi connectivity index (χ0) is 33.1. The zero-order valence-electron chi connectivity index (χ0n) is 26.4. The van der Waals surface area contributed by atoms with Crippen LogP contribution in [-0.2, 0) is 25.8 Å². The van der Waals surface area contributed by atoms with E-state index in [0.717, 1.165) is 18.4 Å². The van der Waals surface area contributed by atoms with Crippen molar-refractivity contribution in [3.05, 3.63) is 79.9 Å². The van der Waals surface area contributed by atoms with Crippen molar-refractivity contribution >= 4 is 50.4 Å². The van der Waals surface area contributed by atoms with Crippen molar-refractivity contribution in [1.29, 1.82) is 0 Å². The standard InChI is InChI=1S/C35H41BrN6O5/c1-3-18-39(23-42-27-17-11-10-16-26(27)37-38-42)34(46)31-35-22-25(36)30(47-35)28(29(35)33(45)41(31)20-12-5-6-13-21-43)32(44)40(19-4-2)24-14-8-7-9-15-24/h3-4,7-11,14-17,25,28-31,43H,1-2,5-6,12-13,18-23H2/t25?,28-,29-,30-,31?,35?/m0/s1.